The highest BCUT2D eigenvalue weighted by atomic mass is 35.5. The first-order chi connectivity index (χ1) is 9.81. The Labute approximate surface area is 124 Å². The van der Waals surface area contributed by atoms with Gasteiger partial charge >= 0.3 is 0 Å². The van der Waals surface area contributed by atoms with Crippen LogP contribution in [0.2, 0.25) is 5.02 Å². The fraction of sp³-hybridized carbons (Fsp3) is 0.667. The molecule has 1 saturated carbocycles. The molecule has 0 atom stereocenters. The number of ether oxygens (including phenoxy) is 2. The highest BCUT2D eigenvalue weighted by Gasteiger charge is 2.20. The molecule has 2 aliphatic rings. The molecule has 0 radical (unpaired) electrons. The molecule has 1 aromatic rings. The van der Waals surface area contributed by atoms with E-state index >= 15 is 0 Å². The third-order valence-corrected chi connectivity index (χ3v) is 4.22. The predicted molar refractivity (Wildman–Crippen MR) is 78.1 cm³/mol. The first kappa shape index (κ1) is 14.1. The van der Waals surface area contributed by atoms with Crippen molar-refractivity contribution in [1.82, 2.24) is 10.3 Å². The summed E-state index contributed by atoms with van der Waals surface area (Å²) in [5.74, 6) is 1.25. The maximum Gasteiger partial charge on any atom is 0.213 e. The van der Waals surface area contributed by atoms with Crippen LogP contribution in [0.25, 0.3) is 0 Å². The molecule has 20 heavy (non-hydrogen) atoms. The molecule has 1 saturated heterocycles. The van der Waals surface area contributed by atoms with E-state index in [2.05, 4.69) is 10.3 Å². The molecule has 1 aliphatic carbocycles. The highest BCUT2D eigenvalue weighted by molar-refractivity contribution is 6.31. The average Bonchev–Trinajstić information content (AvgIpc) is 3.30. The number of aromatic nitrogens is 1. The van der Waals surface area contributed by atoms with Crippen molar-refractivity contribution in [3.63, 3.8) is 0 Å². The first-order valence-corrected chi connectivity index (χ1v) is 7.77. The number of nitrogens with zero attached hydrogens (tertiary/aromatic N) is 1. The Balaban J connectivity index is 1.53. The Bertz CT molecular complexity index is 445. The molecule has 0 unspecified atom stereocenters. The largest absolute Gasteiger partial charge is 0.477 e. The minimum atomic E-state index is 0.578. The van der Waals surface area contributed by atoms with Crippen LogP contribution in [0.4, 0.5) is 0 Å². The van der Waals surface area contributed by atoms with E-state index in [-0.39, 0.29) is 0 Å². The van der Waals surface area contributed by atoms with Crippen LogP contribution in [-0.2, 0) is 11.3 Å². The number of hydrogen-bond acceptors (Lipinski definition) is 4. The quantitative estimate of drug-likeness (QED) is 0.877. The summed E-state index contributed by atoms with van der Waals surface area (Å²) < 4.78 is 11.2. The normalized spacial score (nSPS) is 20.1. The number of nitrogens with one attached hydrogen (secondary N) is 1. The molecule has 0 amide bonds. The molecule has 2 fully saturated rings. The summed E-state index contributed by atoms with van der Waals surface area (Å²) in [4.78, 5) is 4.25. The minimum absolute atomic E-state index is 0.578. The zero-order valence-electron chi connectivity index (χ0n) is 11.6. The van der Waals surface area contributed by atoms with Crippen LogP contribution < -0.4 is 10.1 Å². The van der Waals surface area contributed by atoms with Gasteiger partial charge < -0.3 is 14.8 Å². The van der Waals surface area contributed by atoms with Crippen LogP contribution >= 0.6 is 11.6 Å². The van der Waals surface area contributed by atoms with Crippen molar-refractivity contribution in [2.45, 2.75) is 38.3 Å². The lowest BCUT2D eigenvalue weighted by Crippen LogP contribution is -2.21. The van der Waals surface area contributed by atoms with Crippen LogP contribution in [0, 0.1) is 5.92 Å². The Morgan fingerprint density at radius 2 is 2.10 bits per heavy atom. The SMILES string of the molecule is Clc1cnc(OCC2CCOCC2)cc1CNC1CC1. The van der Waals surface area contributed by atoms with E-state index in [0.29, 0.717) is 29.5 Å². The van der Waals surface area contributed by atoms with Gasteiger partial charge in [-0.05, 0) is 37.2 Å². The van der Waals surface area contributed by atoms with Crippen LogP contribution in [0.5, 0.6) is 5.88 Å². The van der Waals surface area contributed by atoms with E-state index < -0.39 is 0 Å². The molecule has 3 rings (SSSR count). The van der Waals surface area contributed by atoms with Crippen molar-refractivity contribution < 1.29 is 9.47 Å². The monoisotopic (exact) mass is 296 g/mol. The standard InChI is InChI=1S/C15H21ClN2O2/c16-14-9-18-15(7-12(14)8-17-13-1-2-13)20-10-11-3-5-19-6-4-11/h7,9,11,13,17H,1-6,8,10H2. The van der Waals surface area contributed by atoms with Gasteiger partial charge in [0.25, 0.3) is 0 Å². The van der Waals surface area contributed by atoms with Gasteiger partial charge in [-0.15, -0.1) is 0 Å². The lowest BCUT2D eigenvalue weighted by Gasteiger charge is -2.21. The number of halogens is 1. The van der Waals surface area contributed by atoms with Crippen molar-refractivity contribution in [2.24, 2.45) is 5.92 Å². The molecule has 5 heteroatoms. The second-order valence-electron chi connectivity index (χ2n) is 5.64. The Hall–Kier alpha value is -0.840. The van der Waals surface area contributed by atoms with Crippen LogP contribution in [0.15, 0.2) is 12.3 Å². The summed E-state index contributed by atoms with van der Waals surface area (Å²) in [7, 11) is 0. The number of rotatable bonds is 6. The molecule has 1 aromatic heterocycles. The van der Waals surface area contributed by atoms with Gasteiger partial charge in [-0.25, -0.2) is 4.98 Å². The molecule has 0 spiro atoms. The maximum absolute atomic E-state index is 6.17. The van der Waals surface area contributed by atoms with Gasteiger partial charge in [0.2, 0.25) is 5.88 Å². The summed E-state index contributed by atoms with van der Waals surface area (Å²) in [6.45, 7) is 3.20. The molecular weight excluding hydrogens is 276 g/mol. The second-order valence-corrected chi connectivity index (χ2v) is 6.04. The topological polar surface area (TPSA) is 43.4 Å². The average molecular weight is 297 g/mol. The third kappa shape index (κ3) is 4.08. The number of pyridine rings is 1. The van der Waals surface area contributed by atoms with E-state index in [1.165, 1.54) is 12.8 Å². The summed E-state index contributed by atoms with van der Waals surface area (Å²) in [6.07, 6.45) is 6.38. The molecule has 2 heterocycles. The zero-order valence-corrected chi connectivity index (χ0v) is 12.4. The van der Waals surface area contributed by atoms with Gasteiger partial charge in [-0.2, -0.15) is 0 Å². The smallest absolute Gasteiger partial charge is 0.213 e. The second kappa shape index (κ2) is 6.74. The summed E-state index contributed by atoms with van der Waals surface area (Å²) >= 11 is 6.17. The Morgan fingerprint density at radius 3 is 2.85 bits per heavy atom. The van der Waals surface area contributed by atoms with Crippen molar-refractivity contribution in [3.8, 4) is 5.88 Å². The van der Waals surface area contributed by atoms with Gasteiger partial charge in [0.05, 0.1) is 11.6 Å². The summed E-state index contributed by atoms with van der Waals surface area (Å²) in [5, 5.41) is 4.17. The van der Waals surface area contributed by atoms with Crippen molar-refractivity contribution in [3.05, 3.63) is 22.8 Å². The van der Waals surface area contributed by atoms with Crippen molar-refractivity contribution in [1.29, 1.82) is 0 Å². The number of hydrogen-bond donors (Lipinski definition) is 1. The maximum atomic E-state index is 6.17. The fourth-order valence-corrected chi connectivity index (χ4v) is 2.50. The highest BCUT2D eigenvalue weighted by Crippen LogP contribution is 2.24. The van der Waals surface area contributed by atoms with Crippen LogP contribution in [0.3, 0.4) is 0 Å². The van der Waals surface area contributed by atoms with Gasteiger partial charge in [-0.3, -0.25) is 0 Å². The van der Waals surface area contributed by atoms with E-state index in [0.717, 1.165) is 38.2 Å². The third-order valence-electron chi connectivity index (χ3n) is 3.88. The van der Waals surface area contributed by atoms with E-state index in [4.69, 9.17) is 21.1 Å². The van der Waals surface area contributed by atoms with Gasteiger partial charge in [0, 0.05) is 38.1 Å². The summed E-state index contributed by atoms with van der Waals surface area (Å²) in [6, 6.07) is 2.63. The van der Waals surface area contributed by atoms with E-state index in [1.54, 1.807) is 6.20 Å². The molecule has 0 aromatic carbocycles. The fourth-order valence-electron chi connectivity index (χ4n) is 2.33. The van der Waals surface area contributed by atoms with E-state index in [1.807, 2.05) is 6.07 Å². The molecule has 1 aliphatic heterocycles. The minimum Gasteiger partial charge on any atom is -0.477 e. The van der Waals surface area contributed by atoms with E-state index in [9.17, 15) is 0 Å². The Morgan fingerprint density at radius 1 is 1.30 bits per heavy atom. The first-order valence-electron chi connectivity index (χ1n) is 7.39. The Kier molecular flexibility index (Phi) is 4.76. The van der Waals surface area contributed by atoms with Gasteiger partial charge in [0.1, 0.15) is 0 Å². The molecule has 1 N–H and O–H groups in total. The van der Waals surface area contributed by atoms with Crippen molar-refractivity contribution in [2.75, 3.05) is 19.8 Å². The van der Waals surface area contributed by atoms with Crippen molar-refractivity contribution >= 4 is 11.6 Å². The molecule has 0 bridgehead atoms. The van der Waals surface area contributed by atoms with Crippen LogP contribution in [0.1, 0.15) is 31.2 Å². The lowest BCUT2D eigenvalue weighted by atomic mass is 10.0. The molecule has 110 valence electrons. The zero-order chi connectivity index (χ0) is 13.8. The van der Waals surface area contributed by atoms with Gasteiger partial charge in [-0.1, -0.05) is 11.6 Å². The molecular formula is C15H21ClN2O2. The van der Waals surface area contributed by atoms with Crippen LogP contribution in [-0.4, -0.2) is 30.8 Å². The predicted octanol–water partition coefficient (Wildman–Crippen LogP) is 2.79. The van der Waals surface area contributed by atoms with Gasteiger partial charge in [0.15, 0.2) is 0 Å². The molecule has 4 nitrogen and oxygen atoms in total. The summed E-state index contributed by atoms with van der Waals surface area (Å²) in [5.41, 5.74) is 1.07. The lowest BCUT2D eigenvalue weighted by molar-refractivity contribution is 0.0490.